The molecule has 6 nitrogen and oxygen atoms in total. The minimum absolute atomic E-state index is 0.101. The van der Waals surface area contributed by atoms with Crippen LogP contribution in [0.25, 0.3) is 75.4 Å². The lowest BCUT2D eigenvalue weighted by Crippen LogP contribution is -2.11. The van der Waals surface area contributed by atoms with E-state index in [4.69, 9.17) is 0 Å². The van der Waals surface area contributed by atoms with Gasteiger partial charge in [-0.3, -0.25) is 9.59 Å². The second kappa shape index (κ2) is 6.17. The van der Waals surface area contributed by atoms with E-state index in [-0.39, 0.29) is 44.5 Å². The molecule has 0 heterocycles. The number of phenolic OH excluding ortho intramolecular Hbond substituents is 4. The smallest absolute Gasteiger partial charge is 0.201 e. The van der Waals surface area contributed by atoms with Crippen LogP contribution in [0.4, 0.5) is 0 Å². The molecule has 0 aliphatic rings. The van der Waals surface area contributed by atoms with Gasteiger partial charge in [0.1, 0.15) is 23.0 Å². The molecule has 4 N–H and O–H groups in total. The van der Waals surface area contributed by atoms with Crippen molar-refractivity contribution in [1.82, 2.24) is 0 Å². The fraction of sp³-hybridized carbons (Fsp3) is 0.125. The molecule has 38 heavy (non-hydrogen) atoms. The zero-order chi connectivity index (χ0) is 26.7. The minimum atomic E-state index is -0.469. The number of aromatic hydroxyl groups is 4. The first kappa shape index (κ1) is 21.3. The molecule has 0 radical (unpaired) electrons. The molecule has 0 bridgehead atoms. The Morgan fingerprint density at radius 2 is 0.526 bits per heavy atom. The normalized spacial score (nSPS) is 12.8. The average Bonchev–Trinajstić information content (AvgIpc) is 2.82. The molecule has 184 valence electrons. The average molecular weight is 501 g/mol. The molecule has 0 aromatic heterocycles. The van der Waals surface area contributed by atoms with Crippen LogP contribution >= 0.6 is 0 Å². The van der Waals surface area contributed by atoms with Gasteiger partial charge in [-0.1, -0.05) is 0 Å². The van der Waals surface area contributed by atoms with E-state index < -0.39 is 10.9 Å². The van der Waals surface area contributed by atoms with Crippen LogP contribution in [0.15, 0.2) is 33.9 Å². The Bertz CT molecular complexity index is 2170. The van der Waals surface area contributed by atoms with E-state index in [0.29, 0.717) is 53.9 Å². The highest BCUT2D eigenvalue weighted by atomic mass is 16.3. The third-order valence-corrected chi connectivity index (χ3v) is 8.67. The predicted molar refractivity (Wildman–Crippen MR) is 152 cm³/mol. The number of benzene rings is 8. The summed E-state index contributed by atoms with van der Waals surface area (Å²) in [5, 5.41) is 51.2. The van der Waals surface area contributed by atoms with E-state index in [1.165, 1.54) is 24.3 Å². The molecule has 0 unspecified atom stereocenters. The van der Waals surface area contributed by atoms with Gasteiger partial charge in [-0.05, 0) is 95.8 Å². The van der Waals surface area contributed by atoms with Crippen molar-refractivity contribution in [2.45, 2.75) is 27.7 Å². The van der Waals surface area contributed by atoms with Gasteiger partial charge in [0.25, 0.3) is 0 Å². The van der Waals surface area contributed by atoms with Crippen LogP contribution in [0.3, 0.4) is 0 Å². The molecule has 8 rings (SSSR count). The topological polar surface area (TPSA) is 115 Å². The van der Waals surface area contributed by atoms with E-state index in [0.717, 1.165) is 22.3 Å². The summed E-state index contributed by atoms with van der Waals surface area (Å²) in [6.07, 6.45) is 0. The number of aryl methyl sites for hydroxylation is 4. The van der Waals surface area contributed by atoms with Crippen molar-refractivity contribution >= 4 is 75.4 Å². The highest BCUT2D eigenvalue weighted by molar-refractivity contribution is 6.50. The van der Waals surface area contributed by atoms with Crippen LogP contribution in [-0.2, 0) is 0 Å². The van der Waals surface area contributed by atoms with Crippen molar-refractivity contribution in [2.24, 2.45) is 0 Å². The molecule has 6 heteroatoms. The number of phenols is 4. The van der Waals surface area contributed by atoms with Gasteiger partial charge < -0.3 is 20.4 Å². The molecular formula is C32H20O6. The van der Waals surface area contributed by atoms with Crippen molar-refractivity contribution in [3.8, 4) is 23.0 Å². The van der Waals surface area contributed by atoms with Gasteiger partial charge in [0.05, 0.1) is 21.5 Å². The molecule has 0 aliphatic heterocycles. The largest absolute Gasteiger partial charge is 0.507 e. The molecular weight excluding hydrogens is 480 g/mol. The Morgan fingerprint density at radius 1 is 0.342 bits per heavy atom. The summed E-state index contributed by atoms with van der Waals surface area (Å²) < 4.78 is 0. The molecule has 8 aromatic carbocycles. The van der Waals surface area contributed by atoms with Gasteiger partial charge in [0, 0.05) is 32.3 Å². The quantitative estimate of drug-likeness (QED) is 0.144. The fourth-order valence-electron chi connectivity index (χ4n) is 7.41. The van der Waals surface area contributed by atoms with E-state index in [9.17, 15) is 30.0 Å². The zero-order valence-electron chi connectivity index (χ0n) is 20.9. The van der Waals surface area contributed by atoms with Gasteiger partial charge >= 0.3 is 0 Å². The van der Waals surface area contributed by atoms with Gasteiger partial charge in [0.15, 0.2) is 0 Å². The molecule has 0 fully saturated rings. The number of hydrogen-bond donors (Lipinski definition) is 4. The maximum atomic E-state index is 14.0. The van der Waals surface area contributed by atoms with E-state index in [1.807, 2.05) is 27.7 Å². The fourth-order valence-corrected chi connectivity index (χ4v) is 7.41. The lowest BCUT2D eigenvalue weighted by molar-refractivity contribution is 0.479. The van der Waals surface area contributed by atoms with Crippen molar-refractivity contribution in [3.05, 3.63) is 67.0 Å². The van der Waals surface area contributed by atoms with Crippen LogP contribution in [-0.4, -0.2) is 20.4 Å². The molecule has 0 spiro atoms. The zero-order valence-corrected chi connectivity index (χ0v) is 20.9. The first-order valence-corrected chi connectivity index (χ1v) is 12.4. The standard InChI is InChI=1S/C32H20O6/c1-9-5-13(33)21-25-17(9)18-10(2)6-14(34)22-26(18)30-28-20(12(4)8-16(36)24(28)32(22)38)19-11(3)7-15(35)23(31(21)37)27(19)29(25)30/h5-8,33-36H,1-4H3. The van der Waals surface area contributed by atoms with E-state index in [2.05, 4.69) is 0 Å². The molecule has 0 aliphatic carbocycles. The molecule has 0 amide bonds. The summed E-state index contributed by atoms with van der Waals surface area (Å²) in [6, 6.07) is 6.15. The maximum absolute atomic E-state index is 14.0. The minimum Gasteiger partial charge on any atom is -0.507 e. The van der Waals surface area contributed by atoms with Gasteiger partial charge in [-0.25, -0.2) is 0 Å². The highest BCUT2D eigenvalue weighted by Gasteiger charge is 2.31. The summed E-state index contributed by atoms with van der Waals surface area (Å²) in [6.45, 7) is 7.38. The van der Waals surface area contributed by atoms with Gasteiger partial charge in [0.2, 0.25) is 10.9 Å². The van der Waals surface area contributed by atoms with Gasteiger partial charge in [-0.2, -0.15) is 0 Å². The summed E-state index contributed by atoms with van der Waals surface area (Å²) in [5.41, 5.74) is 1.93. The second-order valence-corrected chi connectivity index (χ2v) is 10.8. The first-order chi connectivity index (χ1) is 18.0. The Morgan fingerprint density at radius 3 is 0.737 bits per heavy atom. The van der Waals surface area contributed by atoms with Gasteiger partial charge in [-0.15, -0.1) is 0 Å². The van der Waals surface area contributed by atoms with Crippen LogP contribution in [0, 0.1) is 27.7 Å². The summed E-state index contributed by atoms with van der Waals surface area (Å²) in [5.74, 6) is -0.735. The monoisotopic (exact) mass is 500 g/mol. The summed E-state index contributed by atoms with van der Waals surface area (Å²) >= 11 is 0. The van der Waals surface area contributed by atoms with Crippen molar-refractivity contribution in [1.29, 1.82) is 0 Å². The van der Waals surface area contributed by atoms with E-state index >= 15 is 0 Å². The number of rotatable bonds is 0. The van der Waals surface area contributed by atoms with Crippen LogP contribution < -0.4 is 10.9 Å². The molecule has 8 aromatic rings. The lowest BCUT2D eigenvalue weighted by atomic mass is 9.77. The third-order valence-electron chi connectivity index (χ3n) is 8.67. The molecule has 0 saturated carbocycles. The van der Waals surface area contributed by atoms with Crippen molar-refractivity contribution in [3.63, 3.8) is 0 Å². The third kappa shape index (κ3) is 2.00. The first-order valence-electron chi connectivity index (χ1n) is 12.4. The van der Waals surface area contributed by atoms with Crippen LogP contribution in [0.2, 0.25) is 0 Å². The molecule has 0 saturated heterocycles. The van der Waals surface area contributed by atoms with Crippen molar-refractivity contribution < 1.29 is 20.4 Å². The SMILES string of the molecule is Cc1cc(O)c2c(=O)c3c(O)cc(C)c4c5c(C)cc(O)c6c(=O)c7c(O)cc(C)c8c1c2c(c34)c(c78)c65. The number of hydrogen-bond acceptors (Lipinski definition) is 6. The predicted octanol–water partition coefficient (Wildman–Crippen LogP) is 6.29. The number of fused-ring (bicyclic) bond motifs is 2. The maximum Gasteiger partial charge on any atom is 0.201 e. The van der Waals surface area contributed by atoms with E-state index in [1.54, 1.807) is 0 Å². The Labute approximate surface area is 213 Å². The van der Waals surface area contributed by atoms with Crippen LogP contribution in [0.5, 0.6) is 23.0 Å². The van der Waals surface area contributed by atoms with Crippen molar-refractivity contribution in [2.75, 3.05) is 0 Å². The Balaban J connectivity index is 2.04. The lowest BCUT2D eigenvalue weighted by Gasteiger charge is -2.25. The van der Waals surface area contributed by atoms with Crippen LogP contribution in [0.1, 0.15) is 22.3 Å². The molecule has 0 atom stereocenters. The second-order valence-electron chi connectivity index (χ2n) is 10.8. The highest BCUT2D eigenvalue weighted by Crippen LogP contribution is 2.55. The Hall–Kier alpha value is -4.84. The summed E-state index contributed by atoms with van der Waals surface area (Å²) in [4.78, 5) is 28.1. The Kier molecular flexibility index (Phi) is 3.45. The summed E-state index contributed by atoms with van der Waals surface area (Å²) in [7, 11) is 0.